The van der Waals surface area contributed by atoms with Crippen LogP contribution in [0.2, 0.25) is 0 Å². The molecule has 1 fully saturated rings. The van der Waals surface area contributed by atoms with Gasteiger partial charge in [-0.25, -0.2) is 0 Å². The molecule has 0 bridgehead atoms. The number of carbonyl (C=O) groups excluding carboxylic acids is 2. The number of anilines is 1. The van der Waals surface area contributed by atoms with Gasteiger partial charge in [0.1, 0.15) is 12.4 Å². The maximum atomic E-state index is 12.8. The maximum absolute atomic E-state index is 12.8. The number of rotatable bonds is 3. The molecule has 27 heavy (non-hydrogen) atoms. The Labute approximate surface area is 158 Å². The highest BCUT2D eigenvalue weighted by atomic mass is 16.5. The molecule has 2 amide bonds. The number of amides is 2. The van der Waals surface area contributed by atoms with E-state index in [1.54, 1.807) is 0 Å². The van der Waals surface area contributed by atoms with Crippen molar-refractivity contribution in [3.63, 3.8) is 0 Å². The summed E-state index contributed by atoms with van der Waals surface area (Å²) < 4.78 is 5.69. The molecule has 4 rings (SSSR count). The van der Waals surface area contributed by atoms with E-state index in [1.807, 2.05) is 65.6 Å². The van der Waals surface area contributed by atoms with E-state index in [1.165, 1.54) is 0 Å². The van der Waals surface area contributed by atoms with Crippen LogP contribution < -0.4 is 10.1 Å². The van der Waals surface area contributed by atoms with E-state index >= 15 is 0 Å². The molecule has 0 spiro atoms. The predicted octanol–water partition coefficient (Wildman–Crippen LogP) is 3.34. The molecule has 5 nitrogen and oxygen atoms in total. The van der Waals surface area contributed by atoms with Gasteiger partial charge in [-0.05, 0) is 37.1 Å². The van der Waals surface area contributed by atoms with Crippen molar-refractivity contribution < 1.29 is 14.3 Å². The number of carbonyl (C=O) groups is 2. The highest BCUT2D eigenvalue weighted by Crippen LogP contribution is 2.27. The molecule has 0 unspecified atom stereocenters. The first-order valence-electron chi connectivity index (χ1n) is 9.28. The lowest BCUT2D eigenvalue weighted by Crippen LogP contribution is -2.42. The largest absolute Gasteiger partial charge is 0.488 e. The third kappa shape index (κ3) is 3.87. The summed E-state index contributed by atoms with van der Waals surface area (Å²) in [7, 11) is 0. The first-order chi connectivity index (χ1) is 13.2. The second-order valence-corrected chi connectivity index (χ2v) is 6.92. The second-order valence-electron chi connectivity index (χ2n) is 6.92. The molecule has 1 saturated heterocycles. The zero-order valence-electron chi connectivity index (χ0n) is 15.1. The molecule has 1 N–H and O–H groups in total. The summed E-state index contributed by atoms with van der Waals surface area (Å²) in [5, 5.41) is 2.96. The standard InChI is InChI=1S/C22H22N2O3/c25-21(23-19-7-2-1-3-8-19)16-10-12-24(13-11-16)22(26)18-14-17-6-4-5-9-20(17)27-15-18/h1-9,14,16H,10-13,15H2,(H,23,25). The van der Waals surface area contributed by atoms with Gasteiger partial charge in [0, 0.05) is 30.3 Å². The van der Waals surface area contributed by atoms with Crippen LogP contribution in [0.3, 0.4) is 0 Å². The number of hydrogen-bond acceptors (Lipinski definition) is 3. The van der Waals surface area contributed by atoms with Crippen molar-refractivity contribution in [2.24, 2.45) is 5.92 Å². The van der Waals surface area contributed by atoms with E-state index in [2.05, 4.69) is 5.32 Å². The smallest absolute Gasteiger partial charge is 0.253 e. The zero-order valence-corrected chi connectivity index (χ0v) is 15.1. The highest BCUT2D eigenvalue weighted by molar-refractivity contribution is 5.99. The number of ether oxygens (including phenoxy) is 1. The van der Waals surface area contributed by atoms with Crippen molar-refractivity contribution in [3.8, 4) is 5.75 Å². The number of nitrogens with zero attached hydrogens (tertiary/aromatic N) is 1. The van der Waals surface area contributed by atoms with Gasteiger partial charge in [0.05, 0.1) is 5.57 Å². The van der Waals surface area contributed by atoms with E-state index in [0.717, 1.165) is 17.0 Å². The predicted molar refractivity (Wildman–Crippen MR) is 104 cm³/mol. The average Bonchev–Trinajstić information content (AvgIpc) is 2.73. The van der Waals surface area contributed by atoms with Gasteiger partial charge in [0.25, 0.3) is 5.91 Å². The molecule has 0 radical (unpaired) electrons. The molecule has 2 aromatic carbocycles. The minimum atomic E-state index is -0.0634. The van der Waals surface area contributed by atoms with Gasteiger partial charge in [-0.1, -0.05) is 36.4 Å². The van der Waals surface area contributed by atoms with Gasteiger partial charge < -0.3 is 15.0 Å². The molecule has 0 aliphatic carbocycles. The van der Waals surface area contributed by atoms with E-state index < -0.39 is 0 Å². The summed E-state index contributed by atoms with van der Waals surface area (Å²) in [4.78, 5) is 27.1. The number of benzene rings is 2. The van der Waals surface area contributed by atoms with Crippen LogP contribution in [0, 0.1) is 5.92 Å². The number of likely N-dealkylation sites (tertiary alicyclic amines) is 1. The summed E-state index contributed by atoms with van der Waals surface area (Å²) in [5.41, 5.74) is 2.41. The molecule has 5 heteroatoms. The molecule has 2 aromatic rings. The molecule has 2 aliphatic rings. The van der Waals surface area contributed by atoms with Crippen molar-refractivity contribution in [2.45, 2.75) is 12.8 Å². The van der Waals surface area contributed by atoms with E-state index in [4.69, 9.17) is 4.74 Å². The van der Waals surface area contributed by atoms with Gasteiger partial charge >= 0.3 is 0 Å². The van der Waals surface area contributed by atoms with Crippen LogP contribution in [-0.4, -0.2) is 36.4 Å². The summed E-state index contributed by atoms with van der Waals surface area (Å²) in [6, 6.07) is 17.2. The fourth-order valence-electron chi connectivity index (χ4n) is 3.55. The highest BCUT2D eigenvalue weighted by Gasteiger charge is 2.29. The normalized spacial score (nSPS) is 16.7. The first-order valence-corrected chi connectivity index (χ1v) is 9.28. The third-order valence-corrected chi connectivity index (χ3v) is 5.10. The monoisotopic (exact) mass is 362 g/mol. The molecule has 138 valence electrons. The van der Waals surface area contributed by atoms with Gasteiger partial charge in [-0.3, -0.25) is 9.59 Å². The van der Waals surface area contributed by atoms with Crippen molar-refractivity contribution >= 4 is 23.6 Å². The lowest BCUT2D eigenvalue weighted by Gasteiger charge is -2.32. The Bertz CT molecular complexity index is 868. The Hall–Kier alpha value is -3.08. The van der Waals surface area contributed by atoms with Gasteiger partial charge in [-0.15, -0.1) is 0 Å². The van der Waals surface area contributed by atoms with Crippen LogP contribution in [0.15, 0.2) is 60.2 Å². The van der Waals surface area contributed by atoms with E-state index in [0.29, 0.717) is 38.1 Å². The number of para-hydroxylation sites is 2. The number of piperidine rings is 1. The van der Waals surface area contributed by atoms with Gasteiger partial charge in [-0.2, -0.15) is 0 Å². The second kappa shape index (κ2) is 7.66. The van der Waals surface area contributed by atoms with Crippen molar-refractivity contribution in [2.75, 3.05) is 25.0 Å². The summed E-state index contributed by atoms with van der Waals surface area (Å²) in [6.07, 6.45) is 3.26. The summed E-state index contributed by atoms with van der Waals surface area (Å²) in [6.45, 7) is 1.47. The zero-order chi connectivity index (χ0) is 18.6. The third-order valence-electron chi connectivity index (χ3n) is 5.10. The Morgan fingerprint density at radius 3 is 2.44 bits per heavy atom. The van der Waals surface area contributed by atoms with Crippen LogP contribution in [-0.2, 0) is 9.59 Å². The van der Waals surface area contributed by atoms with Gasteiger partial charge in [0.15, 0.2) is 0 Å². The Balaban J connectivity index is 1.35. The molecule has 0 saturated carbocycles. The molecular formula is C22H22N2O3. The van der Waals surface area contributed by atoms with Crippen LogP contribution in [0.4, 0.5) is 5.69 Å². The molecular weight excluding hydrogens is 340 g/mol. The SMILES string of the molecule is O=C(Nc1ccccc1)C1CCN(C(=O)C2=Cc3ccccc3OC2)CC1. The number of fused-ring (bicyclic) bond motifs is 1. The first kappa shape index (κ1) is 17.3. The van der Waals surface area contributed by atoms with Crippen molar-refractivity contribution in [1.82, 2.24) is 4.90 Å². The van der Waals surface area contributed by atoms with Crippen LogP contribution in [0.25, 0.3) is 6.08 Å². The Kier molecular flexibility index (Phi) is 4.92. The molecule has 0 aromatic heterocycles. The molecule has 2 heterocycles. The maximum Gasteiger partial charge on any atom is 0.253 e. The van der Waals surface area contributed by atoms with Crippen molar-refractivity contribution in [3.05, 3.63) is 65.7 Å². The van der Waals surface area contributed by atoms with Crippen LogP contribution in [0.5, 0.6) is 5.75 Å². The fraction of sp³-hybridized carbons (Fsp3) is 0.273. The number of nitrogens with one attached hydrogen (secondary N) is 1. The lowest BCUT2D eigenvalue weighted by molar-refractivity contribution is -0.131. The van der Waals surface area contributed by atoms with Gasteiger partial charge in [0.2, 0.25) is 5.91 Å². The molecule has 0 atom stereocenters. The lowest BCUT2D eigenvalue weighted by atomic mass is 9.95. The van der Waals surface area contributed by atoms with E-state index in [-0.39, 0.29) is 17.7 Å². The number of hydrogen-bond donors (Lipinski definition) is 1. The fourth-order valence-corrected chi connectivity index (χ4v) is 3.55. The Morgan fingerprint density at radius 1 is 0.963 bits per heavy atom. The minimum Gasteiger partial charge on any atom is -0.488 e. The molecule has 2 aliphatic heterocycles. The Morgan fingerprint density at radius 2 is 1.67 bits per heavy atom. The summed E-state index contributed by atoms with van der Waals surface area (Å²) in [5.74, 6) is 0.783. The minimum absolute atomic E-state index is 0.00594. The van der Waals surface area contributed by atoms with E-state index in [9.17, 15) is 9.59 Å². The van der Waals surface area contributed by atoms with Crippen molar-refractivity contribution in [1.29, 1.82) is 0 Å². The average molecular weight is 362 g/mol. The van der Waals surface area contributed by atoms with Crippen LogP contribution in [0.1, 0.15) is 18.4 Å². The van der Waals surface area contributed by atoms with Crippen LogP contribution >= 0.6 is 0 Å². The summed E-state index contributed by atoms with van der Waals surface area (Å²) >= 11 is 0. The topological polar surface area (TPSA) is 58.6 Å². The quantitative estimate of drug-likeness (QED) is 0.911.